The van der Waals surface area contributed by atoms with Gasteiger partial charge in [0.15, 0.2) is 0 Å². The molecule has 1 aliphatic carbocycles. The number of rotatable bonds is 9. The second-order valence-electron chi connectivity index (χ2n) is 7.63. The molecule has 1 rings (SSSR count). The Morgan fingerprint density at radius 2 is 2.00 bits per heavy atom. The molecule has 0 bridgehead atoms. The third-order valence-corrected chi connectivity index (χ3v) is 5.34. The SMILES string of the molecule is C=CC(=O)OCC1CCC([N+](C)(C)CCOC(=O)C(C)CC)C(O)C1. The fraction of sp³-hybridized carbons (Fsp3) is 0.789. The van der Waals surface area contributed by atoms with Gasteiger partial charge in [0.05, 0.1) is 26.6 Å². The highest BCUT2D eigenvalue weighted by Gasteiger charge is 2.39. The van der Waals surface area contributed by atoms with Gasteiger partial charge in [0.2, 0.25) is 0 Å². The third-order valence-electron chi connectivity index (χ3n) is 5.34. The molecule has 0 heterocycles. The molecule has 6 heteroatoms. The number of carbonyl (C=O) groups excluding carboxylic acids is 2. The Hall–Kier alpha value is -1.40. The van der Waals surface area contributed by atoms with Crippen LogP contribution in [0.25, 0.3) is 0 Å². The molecule has 0 amide bonds. The van der Waals surface area contributed by atoms with E-state index in [0.717, 1.165) is 25.3 Å². The molecule has 1 fully saturated rings. The van der Waals surface area contributed by atoms with E-state index in [4.69, 9.17) is 9.47 Å². The molecule has 0 spiro atoms. The van der Waals surface area contributed by atoms with Crippen LogP contribution in [-0.2, 0) is 19.1 Å². The monoisotopic (exact) mass is 356 g/mol. The van der Waals surface area contributed by atoms with Crippen molar-refractivity contribution in [1.82, 2.24) is 0 Å². The Balaban J connectivity index is 2.44. The van der Waals surface area contributed by atoms with Crippen molar-refractivity contribution in [2.75, 3.05) is 33.9 Å². The molecule has 4 atom stereocenters. The topological polar surface area (TPSA) is 72.8 Å². The van der Waals surface area contributed by atoms with E-state index in [0.29, 0.717) is 30.7 Å². The van der Waals surface area contributed by atoms with Gasteiger partial charge in [-0.15, -0.1) is 0 Å². The van der Waals surface area contributed by atoms with E-state index in [-0.39, 0.29) is 23.8 Å². The van der Waals surface area contributed by atoms with Crippen LogP contribution in [0.4, 0.5) is 0 Å². The van der Waals surface area contributed by atoms with E-state index >= 15 is 0 Å². The van der Waals surface area contributed by atoms with Gasteiger partial charge in [0.1, 0.15) is 25.3 Å². The highest BCUT2D eigenvalue weighted by molar-refractivity contribution is 5.81. The lowest BCUT2D eigenvalue weighted by molar-refractivity contribution is -0.920. The summed E-state index contributed by atoms with van der Waals surface area (Å²) in [6, 6.07) is 0.0913. The summed E-state index contributed by atoms with van der Waals surface area (Å²) in [5, 5.41) is 10.5. The molecule has 1 N–H and O–H groups in total. The third kappa shape index (κ3) is 6.78. The van der Waals surface area contributed by atoms with E-state index < -0.39 is 12.1 Å². The van der Waals surface area contributed by atoms with Crippen molar-refractivity contribution in [3.05, 3.63) is 12.7 Å². The zero-order chi connectivity index (χ0) is 19.0. The van der Waals surface area contributed by atoms with Crippen LogP contribution in [0.15, 0.2) is 12.7 Å². The number of esters is 2. The maximum absolute atomic E-state index is 11.8. The van der Waals surface area contributed by atoms with Crippen LogP contribution >= 0.6 is 0 Å². The lowest BCUT2D eigenvalue weighted by Gasteiger charge is -2.44. The molecule has 0 aromatic heterocycles. The highest BCUT2D eigenvalue weighted by Crippen LogP contribution is 2.30. The molecule has 4 unspecified atom stereocenters. The van der Waals surface area contributed by atoms with Gasteiger partial charge in [0.25, 0.3) is 0 Å². The average molecular weight is 356 g/mol. The Morgan fingerprint density at radius 3 is 2.56 bits per heavy atom. The molecule has 0 saturated heterocycles. The number of ether oxygens (including phenoxy) is 2. The van der Waals surface area contributed by atoms with E-state index in [2.05, 4.69) is 20.7 Å². The average Bonchev–Trinajstić information content (AvgIpc) is 2.58. The Labute approximate surface area is 151 Å². The first kappa shape index (κ1) is 21.6. The van der Waals surface area contributed by atoms with Crippen LogP contribution < -0.4 is 0 Å². The first-order valence-corrected chi connectivity index (χ1v) is 9.17. The smallest absolute Gasteiger partial charge is 0.330 e. The number of quaternary nitrogens is 1. The minimum Gasteiger partial charge on any atom is -0.462 e. The van der Waals surface area contributed by atoms with Gasteiger partial charge >= 0.3 is 11.9 Å². The van der Waals surface area contributed by atoms with Crippen LogP contribution in [-0.4, -0.2) is 67.5 Å². The maximum Gasteiger partial charge on any atom is 0.330 e. The predicted molar refractivity (Wildman–Crippen MR) is 95.7 cm³/mol. The quantitative estimate of drug-likeness (QED) is 0.388. The fourth-order valence-corrected chi connectivity index (χ4v) is 3.30. The van der Waals surface area contributed by atoms with Crippen molar-refractivity contribution in [2.45, 2.75) is 51.7 Å². The number of likely N-dealkylation sites (N-methyl/N-ethyl adjacent to an activating group) is 1. The van der Waals surface area contributed by atoms with Crippen LogP contribution in [0.1, 0.15) is 39.5 Å². The maximum atomic E-state index is 11.8. The lowest BCUT2D eigenvalue weighted by Crippen LogP contribution is -2.58. The normalized spacial score (nSPS) is 25.1. The number of hydrogen-bond acceptors (Lipinski definition) is 5. The summed E-state index contributed by atoms with van der Waals surface area (Å²) < 4.78 is 11.1. The Kier molecular flexibility index (Phi) is 8.59. The number of carbonyl (C=O) groups is 2. The first-order valence-electron chi connectivity index (χ1n) is 9.17. The van der Waals surface area contributed by atoms with Gasteiger partial charge in [-0.3, -0.25) is 4.79 Å². The van der Waals surface area contributed by atoms with Gasteiger partial charge in [0, 0.05) is 12.5 Å². The van der Waals surface area contributed by atoms with Crippen LogP contribution in [0, 0.1) is 11.8 Å². The minimum atomic E-state index is -0.457. The number of aliphatic hydroxyl groups is 1. The van der Waals surface area contributed by atoms with Crippen LogP contribution in [0.5, 0.6) is 0 Å². The summed E-state index contributed by atoms with van der Waals surface area (Å²) in [4.78, 5) is 22.9. The fourth-order valence-electron chi connectivity index (χ4n) is 3.30. The standard InChI is InChI=1S/C19H34NO5/c1-6-14(3)19(23)24-11-10-20(4,5)16-9-8-15(12-17(16)21)13-25-18(22)7-2/h7,14-17,21H,2,6,8-13H2,1,3-5H3/q+1. The van der Waals surface area contributed by atoms with E-state index in [1.165, 1.54) is 0 Å². The zero-order valence-corrected chi connectivity index (χ0v) is 16.1. The van der Waals surface area contributed by atoms with Crippen LogP contribution in [0.2, 0.25) is 0 Å². The predicted octanol–water partition coefficient (Wildman–Crippen LogP) is 1.91. The zero-order valence-electron chi connectivity index (χ0n) is 16.1. The number of aliphatic hydroxyl groups excluding tert-OH is 1. The Bertz CT molecular complexity index is 463. The molecule has 6 nitrogen and oxygen atoms in total. The Morgan fingerprint density at radius 1 is 1.32 bits per heavy atom. The summed E-state index contributed by atoms with van der Waals surface area (Å²) in [6.07, 6.45) is 3.84. The van der Waals surface area contributed by atoms with Crippen molar-refractivity contribution in [3.63, 3.8) is 0 Å². The second kappa shape index (κ2) is 9.92. The van der Waals surface area contributed by atoms with Crippen LogP contribution in [0.3, 0.4) is 0 Å². The summed E-state index contributed by atoms with van der Waals surface area (Å²) in [5.74, 6) is -0.472. The van der Waals surface area contributed by atoms with Gasteiger partial charge in [-0.2, -0.15) is 0 Å². The molecule has 144 valence electrons. The van der Waals surface area contributed by atoms with E-state index in [1.807, 2.05) is 13.8 Å². The minimum absolute atomic E-state index is 0.0742. The molecule has 1 aliphatic rings. The van der Waals surface area contributed by atoms with Crippen molar-refractivity contribution in [3.8, 4) is 0 Å². The second-order valence-corrected chi connectivity index (χ2v) is 7.63. The van der Waals surface area contributed by atoms with Crippen molar-refractivity contribution >= 4 is 11.9 Å². The van der Waals surface area contributed by atoms with Gasteiger partial charge in [-0.05, 0) is 25.2 Å². The molecule has 0 aromatic carbocycles. The van der Waals surface area contributed by atoms with E-state index in [9.17, 15) is 14.7 Å². The number of nitrogens with zero attached hydrogens (tertiary/aromatic N) is 1. The lowest BCUT2D eigenvalue weighted by atomic mass is 9.83. The van der Waals surface area contributed by atoms with E-state index in [1.54, 1.807) is 0 Å². The van der Waals surface area contributed by atoms with Gasteiger partial charge in [-0.1, -0.05) is 20.4 Å². The molecule has 25 heavy (non-hydrogen) atoms. The molecular formula is C19H34NO5+. The first-order chi connectivity index (χ1) is 11.7. The van der Waals surface area contributed by atoms with Gasteiger partial charge < -0.3 is 19.1 Å². The van der Waals surface area contributed by atoms with Crippen molar-refractivity contribution in [1.29, 1.82) is 0 Å². The van der Waals surface area contributed by atoms with Crippen molar-refractivity contribution in [2.24, 2.45) is 11.8 Å². The molecule has 1 saturated carbocycles. The summed E-state index contributed by atoms with van der Waals surface area (Å²) in [5.41, 5.74) is 0. The largest absolute Gasteiger partial charge is 0.462 e. The highest BCUT2D eigenvalue weighted by atomic mass is 16.5. The molecule has 0 radical (unpaired) electrons. The molecule has 0 aromatic rings. The summed E-state index contributed by atoms with van der Waals surface area (Å²) in [6.45, 7) is 8.57. The summed E-state index contributed by atoms with van der Waals surface area (Å²) >= 11 is 0. The molecule has 0 aliphatic heterocycles. The summed E-state index contributed by atoms with van der Waals surface area (Å²) in [7, 11) is 4.12. The van der Waals surface area contributed by atoms with Gasteiger partial charge in [-0.25, -0.2) is 4.79 Å². The van der Waals surface area contributed by atoms with Crippen molar-refractivity contribution < 1.29 is 28.7 Å². The molecular weight excluding hydrogens is 322 g/mol. The number of hydrogen-bond donors (Lipinski definition) is 1.